The molecule has 2 rings (SSSR count). The summed E-state index contributed by atoms with van der Waals surface area (Å²) < 4.78 is 11.3. The van der Waals surface area contributed by atoms with Crippen LogP contribution < -0.4 is 9.47 Å². The Hall–Kier alpha value is -1.96. The van der Waals surface area contributed by atoms with Crippen molar-refractivity contribution in [3.8, 4) is 11.5 Å². The molecule has 0 saturated carbocycles. The second-order valence-corrected chi connectivity index (χ2v) is 8.75. The SMILES string of the molecule is COc1cc(Cc2ccc(C(C)(C)C)c(OC)c2)ccc1C(C)(C)C. The van der Waals surface area contributed by atoms with Gasteiger partial charge in [0.25, 0.3) is 0 Å². The average Bonchev–Trinajstić information content (AvgIpc) is 2.52. The number of hydrogen-bond acceptors (Lipinski definition) is 2. The van der Waals surface area contributed by atoms with Crippen molar-refractivity contribution in [1.29, 1.82) is 0 Å². The number of methoxy groups -OCH3 is 2. The summed E-state index contributed by atoms with van der Waals surface area (Å²) in [5.74, 6) is 1.92. The van der Waals surface area contributed by atoms with E-state index in [1.165, 1.54) is 22.3 Å². The molecule has 0 aliphatic heterocycles. The van der Waals surface area contributed by atoms with Gasteiger partial charge in [0.1, 0.15) is 11.5 Å². The van der Waals surface area contributed by atoms with E-state index in [4.69, 9.17) is 9.47 Å². The Bertz CT molecular complexity index is 667. The van der Waals surface area contributed by atoms with Crippen molar-refractivity contribution in [2.45, 2.75) is 58.8 Å². The van der Waals surface area contributed by atoms with E-state index in [9.17, 15) is 0 Å². The van der Waals surface area contributed by atoms with Crippen LogP contribution in [0.5, 0.6) is 11.5 Å². The molecule has 0 aromatic heterocycles. The molecule has 0 aliphatic carbocycles. The Morgan fingerprint density at radius 2 is 1.00 bits per heavy atom. The van der Waals surface area contributed by atoms with Gasteiger partial charge >= 0.3 is 0 Å². The first-order chi connectivity index (χ1) is 11.6. The van der Waals surface area contributed by atoms with Crippen molar-refractivity contribution in [2.24, 2.45) is 0 Å². The van der Waals surface area contributed by atoms with Gasteiger partial charge in [-0.05, 0) is 51.6 Å². The Morgan fingerprint density at radius 3 is 1.28 bits per heavy atom. The highest BCUT2D eigenvalue weighted by Crippen LogP contribution is 2.34. The van der Waals surface area contributed by atoms with E-state index in [0.29, 0.717) is 0 Å². The third-order valence-electron chi connectivity index (χ3n) is 4.56. The van der Waals surface area contributed by atoms with Crippen LogP contribution in [0.25, 0.3) is 0 Å². The first-order valence-electron chi connectivity index (χ1n) is 8.91. The third kappa shape index (κ3) is 4.56. The van der Waals surface area contributed by atoms with Crippen molar-refractivity contribution in [1.82, 2.24) is 0 Å². The van der Waals surface area contributed by atoms with Crippen LogP contribution >= 0.6 is 0 Å². The molecule has 0 radical (unpaired) electrons. The van der Waals surface area contributed by atoms with Crippen molar-refractivity contribution in [3.05, 3.63) is 58.7 Å². The van der Waals surface area contributed by atoms with Crippen LogP contribution in [0.2, 0.25) is 0 Å². The van der Waals surface area contributed by atoms with Gasteiger partial charge in [0.2, 0.25) is 0 Å². The molecule has 2 nitrogen and oxygen atoms in total. The Kier molecular flexibility index (Phi) is 5.51. The molecule has 0 fully saturated rings. The van der Waals surface area contributed by atoms with E-state index in [1.807, 2.05) is 0 Å². The molecule has 0 unspecified atom stereocenters. The summed E-state index contributed by atoms with van der Waals surface area (Å²) in [6, 6.07) is 13.1. The molecular weight excluding hydrogens is 308 g/mol. The quantitative estimate of drug-likeness (QED) is 0.691. The Labute approximate surface area is 153 Å². The highest BCUT2D eigenvalue weighted by Gasteiger charge is 2.20. The summed E-state index contributed by atoms with van der Waals surface area (Å²) >= 11 is 0. The van der Waals surface area contributed by atoms with Crippen LogP contribution in [-0.4, -0.2) is 14.2 Å². The van der Waals surface area contributed by atoms with Crippen LogP contribution in [0.3, 0.4) is 0 Å². The molecule has 2 aromatic carbocycles. The topological polar surface area (TPSA) is 18.5 Å². The van der Waals surface area contributed by atoms with E-state index < -0.39 is 0 Å². The van der Waals surface area contributed by atoms with E-state index in [-0.39, 0.29) is 10.8 Å². The van der Waals surface area contributed by atoms with Gasteiger partial charge in [-0.15, -0.1) is 0 Å². The van der Waals surface area contributed by atoms with Gasteiger partial charge in [-0.1, -0.05) is 65.8 Å². The summed E-state index contributed by atoms with van der Waals surface area (Å²) in [4.78, 5) is 0. The zero-order chi connectivity index (χ0) is 18.8. The zero-order valence-corrected chi connectivity index (χ0v) is 17.0. The predicted molar refractivity (Wildman–Crippen MR) is 106 cm³/mol. The van der Waals surface area contributed by atoms with Crippen molar-refractivity contribution >= 4 is 0 Å². The van der Waals surface area contributed by atoms with Gasteiger partial charge in [-0.3, -0.25) is 0 Å². The molecule has 0 aliphatic rings. The van der Waals surface area contributed by atoms with E-state index in [1.54, 1.807) is 14.2 Å². The van der Waals surface area contributed by atoms with E-state index in [0.717, 1.165) is 17.9 Å². The summed E-state index contributed by atoms with van der Waals surface area (Å²) in [6.07, 6.45) is 0.863. The van der Waals surface area contributed by atoms with Crippen LogP contribution in [0, 0.1) is 0 Å². The predicted octanol–water partition coefficient (Wildman–Crippen LogP) is 5.89. The van der Waals surface area contributed by atoms with Crippen LogP contribution in [0.1, 0.15) is 63.8 Å². The lowest BCUT2D eigenvalue weighted by atomic mass is 9.84. The maximum Gasteiger partial charge on any atom is 0.122 e. The number of rotatable bonds is 4. The second kappa shape index (κ2) is 7.11. The first-order valence-corrected chi connectivity index (χ1v) is 8.91. The summed E-state index contributed by atoms with van der Waals surface area (Å²) in [7, 11) is 3.49. The highest BCUT2D eigenvalue weighted by molar-refractivity contribution is 5.46. The van der Waals surface area contributed by atoms with Crippen LogP contribution in [0.4, 0.5) is 0 Å². The van der Waals surface area contributed by atoms with Gasteiger partial charge in [-0.2, -0.15) is 0 Å². The number of benzene rings is 2. The minimum atomic E-state index is 0.0709. The number of hydrogen-bond donors (Lipinski definition) is 0. The fourth-order valence-electron chi connectivity index (χ4n) is 3.17. The van der Waals surface area contributed by atoms with Gasteiger partial charge in [-0.25, -0.2) is 0 Å². The smallest absolute Gasteiger partial charge is 0.122 e. The summed E-state index contributed by atoms with van der Waals surface area (Å²) in [5, 5.41) is 0. The van der Waals surface area contributed by atoms with Gasteiger partial charge in [0.15, 0.2) is 0 Å². The molecule has 0 amide bonds. The molecule has 25 heavy (non-hydrogen) atoms. The molecule has 0 heterocycles. The monoisotopic (exact) mass is 340 g/mol. The van der Waals surface area contributed by atoms with E-state index >= 15 is 0 Å². The summed E-state index contributed by atoms with van der Waals surface area (Å²) in [6.45, 7) is 13.3. The van der Waals surface area contributed by atoms with Crippen LogP contribution in [-0.2, 0) is 17.3 Å². The van der Waals surface area contributed by atoms with Gasteiger partial charge in [0.05, 0.1) is 14.2 Å². The Balaban J connectivity index is 2.34. The minimum Gasteiger partial charge on any atom is -0.496 e. The zero-order valence-electron chi connectivity index (χ0n) is 17.0. The fraction of sp³-hybridized carbons (Fsp3) is 0.478. The fourth-order valence-corrected chi connectivity index (χ4v) is 3.17. The molecular formula is C23H32O2. The highest BCUT2D eigenvalue weighted by atomic mass is 16.5. The molecule has 136 valence electrons. The average molecular weight is 341 g/mol. The largest absolute Gasteiger partial charge is 0.496 e. The number of ether oxygens (including phenoxy) is 2. The molecule has 0 atom stereocenters. The maximum absolute atomic E-state index is 5.63. The maximum atomic E-state index is 5.63. The van der Waals surface area contributed by atoms with Crippen molar-refractivity contribution < 1.29 is 9.47 Å². The Morgan fingerprint density at radius 1 is 0.640 bits per heavy atom. The molecule has 0 bridgehead atoms. The second-order valence-electron chi connectivity index (χ2n) is 8.75. The normalized spacial score (nSPS) is 12.2. The van der Waals surface area contributed by atoms with Crippen LogP contribution in [0.15, 0.2) is 36.4 Å². The molecule has 2 heteroatoms. The lowest BCUT2D eigenvalue weighted by Gasteiger charge is -2.23. The first kappa shape index (κ1) is 19.4. The third-order valence-corrected chi connectivity index (χ3v) is 4.56. The molecule has 0 saturated heterocycles. The molecule has 2 aromatic rings. The lowest BCUT2D eigenvalue weighted by Crippen LogP contribution is -2.13. The minimum absolute atomic E-state index is 0.0709. The summed E-state index contributed by atoms with van der Waals surface area (Å²) in [5.41, 5.74) is 5.10. The standard InChI is InChI=1S/C23H32O2/c1-22(2,3)18-11-9-16(14-20(18)24-7)13-17-10-12-19(23(4,5)6)21(15-17)25-8/h9-12,14-15H,13H2,1-8H3. The van der Waals surface area contributed by atoms with Crippen molar-refractivity contribution in [3.63, 3.8) is 0 Å². The van der Waals surface area contributed by atoms with Crippen molar-refractivity contribution in [2.75, 3.05) is 14.2 Å². The van der Waals surface area contributed by atoms with Gasteiger partial charge < -0.3 is 9.47 Å². The molecule has 0 N–H and O–H groups in total. The van der Waals surface area contributed by atoms with Gasteiger partial charge in [0, 0.05) is 0 Å². The van der Waals surface area contributed by atoms with E-state index in [2.05, 4.69) is 77.9 Å². The lowest BCUT2D eigenvalue weighted by molar-refractivity contribution is 0.396. The molecule has 0 spiro atoms.